The molecule has 1 fully saturated rings. The van der Waals surface area contributed by atoms with E-state index in [1.165, 1.54) is 0 Å². The first-order chi connectivity index (χ1) is 11.4. The standard InChI is InChI=1S/C18H13ClO5/c19-15-8-3-1-2-4-9(8)16(22)14-13(15)17(23)10-5-7(20)6-11(21)12(10)18(14)24/h1-4,10-12,21-22H,5-6H2/t10-,11-,12-/m1/s1. The van der Waals surface area contributed by atoms with Crippen molar-refractivity contribution in [2.75, 3.05) is 0 Å². The molecule has 1 saturated carbocycles. The number of aliphatic hydroxyl groups is 1. The average molecular weight is 345 g/mol. The fourth-order valence-electron chi connectivity index (χ4n) is 3.90. The molecule has 2 N–H and O–H groups in total. The molecule has 0 saturated heterocycles. The Morgan fingerprint density at radius 2 is 1.62 bits per heavy atom. The number of ketones is 3. The number of Topliss-reactive ketones (excluding diaryl/α,β-unsaturated/α-hetero) is 3. The van der Waals surface area contributed by atoms with Gasteiger partial charge in [0.2, 0.25) is 0 Å². The van der Waals surface area contributed by atoms with Crippen molar-refractivity contribution in [3.8, 4) is 5.75 Å². The highest BCUT2D eigenvalue weighted by molar-refractivity contribution is 6.41. The van der Waals surface area contributed by atoms with E-state index >= 15 is 0 Å². The van der Waals surface area contributed by atoms with Gasteiger partial charge in [-0.25, -0.2) is 0 Å². The predicted octanol–water partition coefficient (Wildman–Crippen LogP) is 2.53. The molecule has 0 amide bonds. The van der Waals surface area contributed by atoms with Crippen LogP contribution in [0, 0.1) is 11.8 Å². The zero-order valence-electron chi connectivity index (χ0n) is 12.5. The van der Waals surface area contributed by atoms with Crippen LogP contribution in [0.2, 0.25) is 5.02 Å². The van der Waals surface area contributed by atoms with Gasteiger partial charge >= 0.3 is 0 Å². The van der Waals surface area contributed by atoms with Gasteiger partial charge in [-0.3, -0.25) is 14.4 Å². The minimum absolute atomic E-state index is 0.0407. The Bertz CT molecular complexity index is 933. The summed E-state index contributed by atoms with van der Waals surface area (Å²) in [7, 11) is 0. The molecule has 2 aromatic carbocycles. The Morgan fingerprint density at radius 1 is 0.958 bits per heavy atom. The van der Waals surface area contributed by atoms with Crippen molar-refractivity contribution in [1.82, 2.24) is 0 Å². The Balaban J connectivity index is 2.05. The number of aliphatic hydroxyl groups excluding tert-OH is 1. The van der Waals surface area contributed by atoms with E-state index in [2.05, 4.69) is 0 Å². The first kappa shape index (κ1) is 15.3. The fourth-order valence-corrected chi connectivity index (χ4v) is 4.25. The molecule has 5 nitrogen and oxygen atoms in total. The van der Waals surface area contributed by atoms with Gasteiger partial charge in [0.05, 0.1) is 28.2 Å². The van der Waals surface area contributed by atoms with Gasteiger partial charge in [0.15, 0.2) is 11.6 Å². The molecular weight excluding hydrogens is 332 g/mol. The number of phenols is 1. The van der Waals surface area contributed by atoms with Crippen molar-refractivity contribution in [1.29, 1.82) is 0 Å². The summed E-state index contributed by atoms with van der Waals surface area (Å²) >= 11 is 6.36. The predicted molar refractivity (Wildman–Crippen MR) is 86.5 cm³/mol. The lowest BCUT2D eigenvalue weighted by molar-refractivity contribution is -0.125. The molecule has 4 rings (SSSR count). The van der Waals surface area contributed by atoms with Crippen molar-refractivity contribution < 1.29 is 24.6 Å². The van der Waals surface area contributed by atoms with Gasteiger partial charge in [0.25, 0.3) is 0 Å². The number of fused-ring (bicyclic) bond motifs is 3. The van der Waals surface area contributed by atoms with Gasteiger partial charge in [-0.2, -0.15) is 0 Å². The quantitative estimate of drug-likeness (QED) is 0.766. The summed E-state index contributed by atoms with van der Waals surface area (Å²) in [5.74, 6) is -3.47. The normalized spacial score (nSPS) is 26.4. The second kappa shape index (κ2) is 5.13. The molecule has 0 bridgehead atoms. The van der Waals surface area contributed by atoms with Gasteiger partial charge in [-0.1, -0.05) is 35.9 Å². The van der Waals surface area contributed by atoms with E-state index in [1.807, 2.05) is 0 Å². The van der Waals surface area contributed by atoms with E-state index in [4.69, 9.17) is 11.6 Å². The van der Waals surface area contributed by atoms with Crippen molar-refractivity contribution in [2.45, 2.75) is 18.9 Å². The number of benzene rings is 2. The maximum Gasteiger partial charge on any atom is 0.173 e. The van der Waals surface area contributed by atoms with E-state index in [9.17, 15) is 24.6 Å². The van der Waals surface area contributed by atoms with Crippen LogP contribution >= 0.6 is 11.6 Å². The van der Waals surface area contributed by atoms with Crippen molar-refractivity contribution >= 4 is 39.7 Å². The highest BCUT2D eigenvalue weighted by Gasteiger charge is 2.50. The second-order valence-electron chi connectivity index (χ2n) is 6.33. The smallest absolute Gasteiger partial charge is 0.173 e. The third kappa shape index (κ3) is 1.88. The van der Waals surface area contributed by atoms with Gasteiger partial charge in [-0.15, -0.1) is 0 Å². The number of aromatic hydroxyl groups is 1. The van der Waals surface area contributed by atoms with Crippen LogP contribution in [0.25, 0.3) is 10.8 Å². The Kier molecular flexibility index (Phi) is 3.27. The molecule has 2 aliphatic carbocycles. The number of phenolic OH excluding ortho intramolecular Hbond substituents is 1. The van der Waals surface area contributed by atoms with E-state index < -0.39 is 29.5 Å². The van der Waals surface area contributed by atoms with Crippen LogP contribution in [-0.4, -0.2) is 33.7 Å². The maximum atomic E-state index is 12.9. The van der Waals surface area contributed by atoms with Crippen molar-refractivity contribution in [3.63, 3.8) is 0 Å². The largest absolute Gasteiger partial charge is 0.507 e. The van der Waals surface area contributed by atoms with Crippen molar-refractivity contribution in [2.24, 2.45) is 11.8 Å². The molecular formula is C18H13ClO5. The van der Waals surface area contributed by atoms with E-state index in [0.29, 0.717) is 10.8 Å². The number of rotatable bonds is 0. The highest BCUT2D eigenvalue weighted by atomic mass is 35.5. The summed E-state index contributed by atoms with van der Waals surface area (Å²) < 4.78 is 0. The summed E-state index contributed by atoms with van der Waals surface area (Å²) in [5.41, 5.74) is -0.181. The molecule has 0 aromatic heterocycles. The molecule has 0 spiro atoms. The van der Waals surface area contributed by atoms with E-state index in [0.717, 1.165) is 0 Å². The van der Waals surface area contributed by atoms with E-state index in [1.54, 1.807) is 24.3 Å². The minimum atomic E-state index is -1.22. The lowest BCUT2D eigenvalue weighted by Gasteiger charge is -2.37. The first-order valence-electron chi connectivity index (χ1n) is 7.63. The fraction of sp³-hybridized carbons (Fsp3) is 0.278. The van der Waals surface area contributed by atoms with Gasteiger partial charge < -0.3 is 10.2 Å². The second-order valence-corrected chi connectivity index (χ2v) is 6.71. The summed E-state index contributed by atoms with van der Waals surface area (Å²) in [6.45, 7) is 0. The topological polar surface area (TPSA) is 91.7 Å². The molecule has 6 heteroatoms. The highest BCUT2D eigenvalue weighted by Crippen LogP contribution is 2.47. The molecule has 2 aliphatic rings. The lowest BCUT2D eigenvalue weighted by atomic mass is 9.65. The van der Waals surface area contributed by atoms with Crippen LogP contribution in [0.1, 0.15) is 33.6 Å². The zero-order chi connectivity index (χ0) is 17.2. The summed E-state index contributed by atoms with van der Waals surface area (Å²) in [6, 6.07) is 6.67. The first-order valence-corrected chi connectivity index (χ1v) is 8.01. The monoisotopic (exact) mass is 344 g/mol. The Labute approximate surface area is 141 Å². The zero-order valence-corrected chi connectivity index (χ0v) is 13.2. The van der Waals surface area contributed by atoms with Crippen LogP contribution in [-0.2, 0) is 4.79 Å². The summed E-state index contributed by atoms with van der Waals surface area (Å²) in [5, 5.41) is 21.7. The molecule has 122 valence electrons. The van der Waals surface area contributed by atoms with Crippen LogP contribution in [0.3, 0.4) is 0 Å². The van der Waals surface area contributed by atoms with Crippen LogP contribution in [0.5, 0.6) is 5.75 Å². The summed E-state index contributed by atoms with van der Waals surface area (Å²) in [6.07, 6.45) is -1.46. The molecule has 0 radical (unpaired) electrons. The number of halogens is 1. The summed E-state index contributed by atoms with van der Waals surface area (Å²) in [4.78, 5) is 37.5. The third-order valence-electron chi connectivity index (χ3n) is 4.99. The van der Waals surface area contributed by atoms with Gasteiger partial charge in [-0.05, 0) is 0 Å². The molecule has 0 aliphatic heterocycles. The Morgan fingerprint density at radius 3 is 2.33 bits per heavy atom. The third-order valence-corrected chi connectivity index (χ3v) is 5.38. The molecule has 0 unspecified atom stereocenters. The SMILES string of the molecule is O=C1C[C@@H](O)[C@@H]2C(=O)c3c(c(Cl)c4ccccc4c3O)C(=O)[C@@H]2C1. The molecule has 3 atom stereocenters. The van der Waals surface area contributed by atoms with Crippen LogP contribution < -0.4 is 0 Å². The van der Waals surface area contributed by atoms with E-state index in [-0.39, 0.29) is 40.5 Å². The van der Waals surface area contributed by atoms with Gasteiger partial charge in [0, 0.05) is 29.5 Å². The Hall–Kier alpha value is -2.24. The molecule has 2 aromatic rings. The minimum Gasteiger partial charge on any atom is -0.507 e. The number of hydrogen-bond acceptors (Lipinski definition) is 5. The molecule has 24 heavy (non-hydrogen) atoms. The number of carbonyl (C=O) groups excluding carboxylic acids is 3. The average Bonchev–Trinajstić information content (AvgIpc) is 2.55. The van der Waals surface area contributed by atoms with Crippen LogP contribution in [0.4, 0.5) is 0 Å². The number of hydrogen-bond donors (Lipinski definition) is 2. The maximum absolute atomic E-state index is 12.9. The van der Waals surface area contributed by atoms with Gasteiger partial charge in [0.1, 0.15) is 11.5 Å². The van der Waals surface area contributed by atoms with Crippen molar-refractivity contribution in [3.05, 3.63) is 40.4 Å². The lowest BCUT2D eigenvalue weighted by Crippen LogP contribution is -2.48. The van der Waals surface area contributed by atoms with Crippen LogP contribution in [0.15, 0.2) is 24.3 Å². The molecule has 0 heterocycles. The number of carbonyl (C=O) groups is 3.